The van der Waals surface area contributed by atoms with Crippen molar-refractivity contribution in [2.75, 3.05) is 5.32 Å². The minimum absolute atomic E-state index is 0.0837. The van der Waals surface area contributed by atoms with Crippen molar-refractivity contribution in [3.63, 3.8) is 0 Å². The summed E-state index contributed by atoms with van der Waals surface area (Å²) >= 11 is 0. The van der Waals surface area contributed by atoms with Crippen molar-refractivity contribution in [3.8, 4) is 5.75 Å². The van der Waals surface area contributed by atoms with Crippen molar-refractivity contribution in [1.82, 2.24) is 0 Å². The van der Waals surface area contributed by atoms with Crippen molar-refractivity contribution < 1.29 is 27.8 Å². The standard InChI is InChI=1S/C14H10F3NO3/c15-14(16,17)21-12-4-2-1-3-11(12)18-10-7-5-9(6-8-10)13(19)20/h1-8,18H,(H,19,20). The molecule has 4 nitrogen and oxygen atoms in total. The molecule has 0 fully saturated rings. The summed E-state index contributed by atoms with van der Waals surface area (Å²) in [5.41, 5.74) is 0.650. The van der Waals surface area contributed by atoms with Crippen LogP contribution in [0, 0.1) is 0 Å². The van der Waals surface area contributed by atoms with Gasteiger partial charge in [-0.3, -0.25) is 0 Å². The molecule has 0 saturated heterocycles. The molecule has 0 spiro atoms. The number of hydrogen-bond acceptors (Lipinski definition) is 3. The summed E-state index contributed by atoms with van der Waals surface area (Å²) in [6.07, 6.45) is -4.79. The molecule has 0 aliphatic carbocycles. The van der Waals surface area contributed by atoms with Crippen molar-refractivity contribution in [2.45, 2.75) is 6.36 Å². The van der Waals surface area contributed by atoms with Gasteiger partial charge in [0.2, 0.25) is 0 Å². The number of carbonyl (C=O) groups is 1. The maximum absolute atomic E-state index is 12.3. The second-order valence-electron chi connectivity index (χ2n) is 4.05. The third-order valence-electron chi connectivity index (χ3n) is 2.52. The molecule has 0 unspecified atom stereocenters. The predicted octanol–water partition coefficient (Wildman–Crippen LogP) is 4.03. The minimum Gasteiger partial charge on any atom is -0.478 e. The molecule has 0 aliphatic rings. The minimum atomic E-state index is -4.79. The van der Waals surface area contributed by atoms with E-state index in [0.29, 0.717) is 5.69 Å². The van der Waals surface area contributed by atoms with Gasteiger partial charge in [-0.15, -0.1) is 13.2 Å². The maximum atomic E-state index is 12.3. The Morgan fingerprint density at radius 1 is 1.05 bits per heavy atom. The molecule has 0 amide bonds. The Morgan fingerprint density at radius 3 is 2.24 bits per heavy atom. The van der Waals surface area contributed by atoms with Crippen LogP contribution in [-0.4, -0.2) is 17.4 Å². The van der Waals surface area contributed by atoms with Gasteiger partial charge in [-0.05, 0) is 36.4 Å². The quantitative estimate of drug-likeness (QED) is 0.894. The molecule has 0 atom stereocenters. The normalized spacial score (nSPS) is 11.0. The zero-order chi connectivity index (χ0) is 15.5. The van der Waals surface area contributed by atoms with Crippen LogP contribution in [0.15, 0.2) is 48.5 Å². The highest BCUT2D eigenvalue weighted by Gasteiger charge is 2.32. The van der Waals surface area contributed by atoms with Gasteiger partial charge < -0.3 is 15.2 Å². The molecule has 0 saturated carbocycles. The topological polar surface area (TPSA) is 58.6 Å². The van der Waals surface area contributed by atoms with Gasteiger partial charge in [0.1, 0.15) is 0 Å². The predicted molar refractivity (Wildman–Crippen MR) is 69.8 cm³/mol. The van der Waals surface area contributed by atoms with Gasteiger partial charge in [0.05, 0.1) is 11.3 Å². The Hall–Kier alpha value is -2.70. The fraction of sp³-hybridized carbons (Fsp3) is 0.0714. The summed E-state index contributed by atoms with van der Waals surface area (Å²) in [5, 5.41) is 11.5. The van der Waals surface area contributed by atoms with Crippen LogP contribution in [0.1, 0.15) is 10.4 Å². The number of para-hydroxylation sites is 2. The highest BCUT2D eigenvalue weighted by atomic mass is 19.4. The van der Waals surface area contributed by atoms with Gasteiger partial charge in [0, 0.05) is 5.69 Å². The van der Waals surface area contributed by atoms with Gasteiger partial charge in [0.25, 0.3) is 0 Å². The third-order valence-corrected chi connectivity index (χ3v) is 2.52. The second kappa shape index (κ2) is 5.74. The molecular formula is C14H10F3NO3. The second-order valence-corrected chi connectivity index (χ2v) is 4.05. The van der Waals surface area contributed by atoms with Gasteiger partial charge in [0.15, 0.2) is 5.75 Å². The van der Waals surface area contributed by atoms with Crippen molar-refractivity contribution in [1.29, 1.82) is 0 Å². The highest BCUT2D eigenvalue weighted by Crippen LogP contribution is 2.31. The number of alkyl halides is 3. The maximum Gasteiger partial charge on any atom is 0.573 e. The molecule has 0 bridgehead atoms. The average Bonchev–Trinajstić information content (AvgIpc) is 2.40. The van der Waals surface area contributed by atoms with E-state index in [4.69, 9.17) is 5.11 Å². The van der Waals surface area contributed by atoms with Crippen LogP contribution in [0.4, 0.5) is 24.5 Å². The fourth-order valence-corrected chi connectivity index (χ4v) is 1.64. The summed E-state index contributed by atoms with van der Waals surface area (Å²) in [6.45, 7) is 0. The lowest BCUT2D eigenvalue weighted by atomic mass is 10.2. The van der Waals surface area contributed by atoms with Gasteiger partial charge >= 0.3 is 12.3 Å². The Balaban J connectivity index is 2.21. The first-order chi connectivity index (χ1) is 9.85. The molecule has 2 aromatic carbocycles. The van der Waals surface area contributed by atoms with Crippen LogP contribution in [0.2, 0.25) is 0 Å². The van der Waals surface area contributed by atoms with Gasteiger partial charge in [-0.25, -0.2) is 4.79 Å². The largest absolute Gasteiger partial charge is 0.573 e. The van der Waals surface area contributed by atoms with Crippen LogP contribution in [0.5, 0.6) is 5.75 Å². The van der Waals surface area contributed by atoms with E-state index in [1.165, 1.54) is 42.5 Å². The third kappa shape index (κ3) is 4.13. The van der Waals surface area contributed by atoms with E-state index < -0.39 is 12.3 Å². The first-order valence-corrected chi connectivity index (χ1v) is 5.80. The number of rotatable bonds is 4. The summed E-state index contributed by atoms with van der Waals surface area (Å²) in [6, 6.07) is 11.2. The molecule has 110 valence electrons. The lowest BCUT2D eigenvalue weighted by Gasteiger charge is -2.14. The van der Waals surface area contributed by atoms with E-state index >= 15 is 0 Å². The molecule has 0 radical (unpaired) electrons. The highest BCUT2D eigenvalue weighted by molar-refractivity contribution is 5.88. The van der Waals surface area contributed by atoms with Crippen LogP contribution in [-0.2, 0) is 0 Å². The van der Waals surface area contributed by atoms with Crippen LogP contribution >= 0.6 is 0 Å². The number of nitrogens with one attached hydrogen (secondary N) is 1. The lowest BCUT2D eigenvalue weighted by molar-refractivity contribution is -0.274. The van der Waals surface area contributed by atoms with Gasteiger partial charge in [-0.2, -0.15) is 0 Å². The first kappa shape index (κ1) is 14.7. The van der Waals surface area contributed by atoms with E-state index in [9.17, 15) is 18.0 Å². The van der Waals surface area contributed by atoms with E-state index in [0.717, 1.165) is 0 Å². The monoisotopic (exact) mass is 297 g/mol. The average molecular weight is 297 g/mol. The Labute approximate surface area is 117 Å². The number of ether oxygens (including phenoxy) is 1. The molecule has 2 rings (SSSR count). The summed E-state index contributed by atoms with van der Waals surface area (Å²) in [5.74, 6) is -1.45. The van der Waals surface area contributed by atoms with Crippen molar-refractivity contribution in [3.05, 3.63) is 54.1 Å². The molecule has 7 heteroatoms. The zero-order valence-electron chi connectivity index (χ0n) is 10.5. The number of aromatic carboxylic acids is 1. The van der Waals surface area contributed by atoms with Crippen LogP contribution in [0.3, 0.4) is 0 Å². The van der Waals surface area contributed by atoms with Gasteiger partial charge in [-0.1, -0.05) is 12.1 Å². The SMILES string of the molecule is O=C(O)c1ccc(Nc2ccccc2OC(F)(F)F)cc1. The van der Waals surface area contributed by atoms with Crippen LogP contribution in [0.25, 0.3) is 0 Å². The molecule has 0 heterocycles. The molecule has 0 aliphatic heterocycles. The summed E-state index contributed by atoms with van der Waals surface area (Å²) in [7, 11) is 0. The zero-order valence-corrected chi connectivity index (χ0v) is 10.5. The van der Waals surface area contributed by atoms with Crippen molar-refractivity contribution >= 4 is 17.3 Å². The van der Waals surface area contributed by atoms with E-state index in [1.54, 1.807) is 6.07 Å². The number of carboxylic acids is 1. The smallest absolute Gasteiger partial charge is 0.478 e. The molecule has 2 aromatic rings. The molecule has 0 aromatic heterocycles. The summed E-state index contributed by atoms with van der Waals surface area (Å²) < 4.78 is 40.8. The number of hydrogen-bond donors (Lipinski definition) is 2. The Morgan fingerprint density at radius 2 is 1.67 bits per heavy atom. The number of halogens is 3. The number of benzene rings is 2. The molecule has 2 N–H and O–H groups in total. The van der Waals surface area contributed by atoms with Crippen LogP contribution < -0.4 is 10.1 Å². The Kier molecular flexibility index (Phi) is 4.02. The van der Waals surface area contributed by atoms with E-state index in [1.807, 2.05) is 0 Å². The number of carboxylic acid groups (broad SMARTS) is 1. The fourth-order valence-electron chi connectivity index (χ4n) is 1.64. The first-order valence-electron chi connectivity index (χ1n) is 5.80. The molecule has 21 heavy (non-hydrogen) atoms. The lowest BCUT2D eigenvalue weighted by Crippen LogP contribution is -2.17. The van der Waals surface area contributed by atoms with E-state index in [2.05, 4.69) is 10.1 Å². The van der Waals surface area contributed by atoms with Crippen molar-refractivity contribution in [2.24, 2.45) is 0 Å². The number of anilines is 2. The Bertz CT molecular complexity index is 639. The molecular weight excluding hydrogens is 287 g/mol. The van der Waals surface area contributed by atoms with E-state index in [-0.39, 0.29) is 17.0 Å². The summed E-state index contributed by atoms with van der Waals surface area (Å²) in [4.78, 5) is 10.7.